The first kappa shape index (κ1) is 12.8. The molecule has 0 radical (unpaired) electrons. The van der Waals surface area contributed by atoms with Crippen LogP contribution in [0.3, 0.4) is 0 Å². The molecular weight excluding hydrogens is 198 g/mol. The minimum absolute atomic E-state index is 0.252. The highest BCUT2D eigenvalue weighted by Gasteiger charge is 2.08. The Bertz CT molecular complexity index is 334. The van der Waals surface area contributed by atoms with Crippen LogP contribution in [0.5, 0.6) is 0 Å². The van der Waals surface area contributed by atoms with Crippen molar-refractivity contribution in [2.24, 2.45) is 5.92 Å². The van der Waals surface area contributed by atoms with E-state index in [1.165, 1.54) is 6.42 Å². The van der Waals surface area contributed by atoms with Crippen LogP contribution >= 0.6 is 0 Å². The smallest absolute Gasteiger partial charge is 0.0363 e. The molecule has 16 heavy (non-hydrogen) atoms. The molecular formula is C13H23N3. The highest BCUT2D eigenvalue weighted by molar-refractivity contribution is 5.56. The second-order valence-corrected chi connectivity index (χ2v) is 4.75. The van der Waals surface area contributed by atoms with Crippen molar-refractivity contribution in [1.29, 1.82) is 0 Å². The van der Waals surface area contributed by atoms with Gasteiger partial charge >= 0.3 is 0 Å². The van der Waals surface area contributed by atoms with E-state index in [0.717, 1.165) is 29.4 Å². The van der Waals surface area contributed by atoms with Crippen molar-refractivity contribution >= 4 is 11.4 Å². The largest absolute Gasteiger partial charge is 0.399 e. The predicted molar refractivity (Wildman–Crippen MR) is 71.1 cm³/mol. The maximum absolute atomic E-state index is 5.93. The van der Waals surface area contributed by atoms with Crippen LogP contribution in [-0.4, -0.2) is 6.54 Å². The van der Waals surface area contributed by atoms with Gasteiger partial charge in [-0.15, -0.1) is 0 Å². The van der Waals surface area contributed by atoms with Crippen LogP contribution in [0, 0.1) is 5.92 Å². The van der Waals surface area contributed by atoms with Crippen molar-refractivity contribution in [2.45, 2.75) is 33.2 Å². The van der Waals surface area contributed by atoms with Gasteiger partial charge in [-0.2, -0.15) is 0 Å². The van der Waals surface area contributed by atoms with Crippen LogP contribution in [0.1, 0.15) is 38.8 Å². The summed E-state index contributed by atoms with van der Waals surface area (Å²) in [5.74, 6) is 0.720. The second-order valence-electron chi connectivity index (χ2n) is 4.75. The SMILES string of the molecule is CC(C)CCNC(C)c1cc(N)ccc1N. The van der Waals surface area contributed by atoms with Crippen molar-refractivity contribution < 1.29 is 0 Å². The molecule has 0 bridgehead atoms. The van der Waals surface area contributed by atoms with Gasteiger partial charge in [0.15, 0.2) is 0 Å². The fourth-order valence-corrected chi connectivity index (χ4v) is 1.67. The molecule has 1 aromatic carbocycles. The van der Waals surface area contributed by atoms with E-state index in [1.54, 1.807) is 0 Å². The lowest BCUT2D eigenvalue weighted by Crippen LogP contribution is -2.22. The van der Waals surface area contributed by atoms with E-state index >= 15 is 0 Å². The van der Waals surface area contributed by atoms with Gasteiger partial charge in [-0.3, -0.25) is 0 Å². The normalized spacial score (nSPS) is 13.0. The van der Waals surface area contributed by atoms with E-state index in [-0.39, 0.29) is 6.04 Å². The molecule has 90 valence electrons. The van der Waals surface area contributed by atoms with E-state index in [1.807, 2.05) is 18.2 Å². The Labute approximate surface area is 98.2 Å². The Kier molecular flexibility index (Phi) is 4.62. The van der Waals surface area contributed by atoms with Crippen LogP contribution in [0.2, 0.25) is 0 Å². The fraction of sp³-hybridized carbons (Fsp3) is 0.538. The monoisotopic (exact) mass is 221 g/mol. The van der Waals surface area contributed by atoms with Crippen molar-refractivity contribution in [2.75, 3.05) is 18.0 Å². The van der Waals surface area contributed by atoms with Crippen LogP contribution < -0.4 is 16.8 Å². The molecule has 1 rings (SSSR count). The lowest BCUT2D eigenvalue weighted by atomic mass is 10.0. The molecule has 0 heterocycles. The van der Waals surface area contributed by atoms with Gasteiger partial charge in [0.2, 0.25) is 0 Å². The molecule has 5 N–H and O–H groups in total. The molecule has 0 aliphatic carbocycles. The molecule has 3 heteroatoms. The molecule has 0 fully saturated rings. The van der Waals surface area contributed by atoms with E-state index in [9.17, 15) is 0 Å². The first-order valence-corrected chi connectivity index (χ1v) is 5.89. The summed E-state index contributed by atoms with van der Waals surface area (Å²) in [6.45, 7) is 7.57. The third-order valence-electron chi connectivity index (χ3n) is 2.75. The van der Waals surface area contributed by atoms with Gasteiger partial charge < -0.3 is 16.8 Å². The number of anilines is 2. The molecule has 0 aliphatic heterocycles. The quantitative estimate of drug-likeness (QED) is 0.669. The molecule has 0 saturated carbocycles. The summed E-state index contributed by atoms with van der Waals surface area (Å²) < 4.78 is 0. The Balaban J connectivity index is 2.58. The minimum atomic E-state index is 0.252. The van der Waals surface area contributed by atoms with Gasteiger partial charge in [0.1, 0.15) is 0 Å². The number of nitrogens with one attached hydrogen (secondary N) is 1. The van der Waals surface area contributed by atoms with Crippen LogP contribution in [0.25, 0.3) is 0 Å². The summed E-state index contributed by atoms with van der Waals surface area (Å²) in [5, 5.41) is 3.46. The van der Waals surface area contributed by atoms with Crippen LogP contribution in [-0.2, 0) is 0 Å². The Morgan fingerprint density at radius 1 is 1.19 bits per heavy atom. The van der Waals surface area contributed by atoms with Crippen molar-refractivity contribution in [3.63, 3.8) is 0 Å². The number of hydrogen-bond donors (Lipinski definition) is 3. The fourth-order valence-electron chi connectivity index (χ4n) is 1.67. The topological polar surface area (TPSA) is 64.1 Å². The molecule has 1 aromatic rings. The summed E-state index contributed by atoms with van der Waals surface area (Å²) in [6, 6.07) is 5.90. The third-order valence-corrected chi connectivity index (χ3v) is 2.75. The lowest BCUT2D eigenvalue weighted by molar-refractivity contribution is 0.498. The Hall–Kier alpha value is -1.22. The molecule has 0 aromatic heterocycles. The lowest BCUT2D eigenvalue weighted by Gasteiger charge is -2.17. The highest BCUT2D eigenvalue weighted by Crippen LogP contribution is 2.22. The summed E-state index contributed by atoms with van der Waals surface area (Å²) in [5.41, 5.74) is 14.3. The van der Waals surface area contributed by atoms with Crippen molar-refractivity contribution in [3.05, 3.63) is 23.8 Å². The maximum atomic E-state index is 5.93. The Morgan fingerprint density at radius 3 is 2.50 bits per heavy atom. The summed E-state index contributed by atoms with van der Waals surface area (Å²) in [6.07, 6.45) is 1.17. The molecule has 3 nitrogen and oxygen atoms in total. The maximum Gasteiger partial charge on any atom is 0.0363 e. The average Bonchev–Trinajstić information content (AvgIpc) is 2.21. The first-order chi connectivity index (χ1) is 7.50. The number of nitrogens with two attached hydrogens (primary N) is 2. The zero-order valence-corrected chi connectivity index (χ0v) is 10.5. The number of nitrogen functional groups attached to an aromatic ring is 2. The van der Waals surface area contributed by atoms with Crippen molar-refractivity contribution in [1.82, 2.24) is 5.32 Å². The van der Waals surface area contributed by atoms with Gasteiger partial charge in [-0.25, -0.2) is 0 Å². The van der Waals surface area contributed by atoms with Gasteiger partial charge in [-0.1, -0.05) is 13.8 Å². The zero-order chi connectivity index (χ0) is 12.1. The number of benzene rings is 1. The first-order valence-electron chi connectivity index (χ1n) is 5.89. The second kappa shape index (κ2) is 5.75. The van der Waals surface area contributed by atoms with Gasteiger partial charge in [-0.05, 0) is 49.6 Å². The zero-order valence-electron chi connectivity index (χ0n) is 10.5. The third kappa shape index (κ3) is 3.74. The Morgan fingerprint density at radius 2 is 1.88 bits per heavy atom. The van der Waals surface area contributed by atoms with E-state index in [2.05, 4.69) is 26.1 Å². The van der Waals surface area contributed by atoms with Crippen LogP contribution in [0.15, 0.2) is 18.2 Å². The predicted octanol–water partition coefficient (Wildman–Crippen LogP) is 2.55. The minimum Gasteiger partial charge on any atom is -0.399 e. The van der Waals surface area contributed by atoms with Gasteiger partial charge in [0.05, 0.1) is 0 Å². The van der Waals surface area contributed by atoms with E-state index < -0.39 is 0 Å². The van der Waals surface area contributed by atoms with E-state index in [0.29, 0.717) is 0 Å². The molecule has 1 atom stereocenters. The number of hydrogen-bond acceptors (Lipinski definition) is 3. The highest BCUT2D eigenvalue weighted by atomic mass is 14.9. The molecule has 0 amide bonds. The molecule has 0 aliphatic rings. The van der Waals surface area contributed by atoms with Crippen LogP contribution in [0.4, 0.5) is 11.4 Å². The molecule has 1 unspecified atom stereocenters. The van der Waals surface area contributed by atoms with Gasteiger partial charge in [0, 0.05) is 17.4 Å². The van der Waals surface area contributed by atoms with Crippen molar-refractivity contribution in [3.8, 4) is 0 Å². The average molecular weight is 221 g/mol. The molecule has 0 spiro atoms. The van der Waals surface area contributed by atoms with Gasteiger partial charge in [0.25, 0.3) is 0 Å². The van der Waals surface area contributed by atoms with E-state index in [4.69, 9.17) is 11.5 Å². The standard InChI is InChI=1S/C13H23N3/c1-9(2)6-7-16-10(3)12-8-11(14)4-5-13(12)15/h4-5,8-10,16H,6-7,14-15H2,1-3H3. The summed E-state index contributed by atoms with van der Waals surface area (Å²) in [4.78, 5) is 0. The summed E-state index contributed by atoms with van der Waals surface area (Å²) >= 11 is 0. The number of rotatable bonds is 5. The summed E-state index contributed by atoms with van der Waals surface area (Å²) in [7, 11) is 0. The molecule has 0 saturated heterocycles.